The van der Waals surface area contributed by atoms with Gasteiger partial charge < -0.3 is 29.7 Å². The van der Waals surface area contributed by atoms with E-state index in [-0.39, 0.29) is 42.7 Å². The van der Waals surface area contributed by atoms with E-state index in [2.05, 4.69) is 12.2 Å². The largest absolute Gasteiger partial charge is 0.478 e. The number of amides is 1. The predicted molar refractivity (Wildman–Crippen MR) is 182 cm³/mol. The monoisotopic (exact) mass is 669 g/mol. The van der Waals surface area contributed by atoms with Crippen LogP contribution in [-0.4, -0.2) is 46.0 Å². The number of aliphatic hydroxyl groups excluding tert-OH is 1. The van der Waals surface area contributed by atoms with Crippen molar-refractivity contribution < 1.29 is 38.8 Å². The molecular formula is C38H39NO8S. The Morgan fingerprint density at radius 2 is 1.56 bits per heavy atom. The molecule has 4 aromatic carbocycles. The summed E-state index contributed by atoms with van der Waals surface area (Å²) in [7, 11) is 0. The summed E-state index contributed by atoms with van der Waals surface area (Å²) in [6.07, 6.45) is -1.98. The van der Waals surface area contributed by atoms with Crippen molar-refractivity contribution in [1.82, 2.24) is 5.32 Å². The molecule has 5 rings (SSSR count). The number of benzene rings is 4. The number of aliphatic hydroxyl groups is 1. The Balaban J connectivity index is 1.34. The quantitative estimate of drug-likeness (QED) is 0.111. The van der Waals surface area contributed by atoms with Crippen LogP contribution in [0, 0.1) is 5.92 Å². The van der Waals surface area contributed by atoms with Crippen LogP contribution < -0.4 is 5.32 Å². The summed E-state index contributed by atoms with van der Waals surface area (Å²) in [5.41, 5.74) is 5.72. The van der Waals surface area contributed by atoms with Crippen molar-refractivity contribution in [2.75, 3.05) is 5.75 Å². The molecule has 1 amide bonds. The number of rotatable bonds is 12. The number of carboxylic acid groups (broad SMARTS) is 1. The molecule has 5 atom stereocenters. The molecule has 0 bridgehead atoms. The van der Waals surface area contributed by atoms with Crippen molar-refractivity contribution in [3.05, 3.63) is 125 Å². The van der Waals surface area contributed by atoms with Crippen LogP contribution in [0.1, 0.15) is 65.8 Å². The van der Waals surface area contributed by atoms with Gasteiger partial charge in [-0.15, -0.1) is 11.8 Å². The fraction of sp³-hybridized carbons (Fsp3) is 0.289. The fourth-order valence-corrected chi connectivity index (χ4v) is 6.65. The van der Waals surface area contributed by atoms with Gasteiger partial charge in [-0.3, -0.25) is 9.59 Å². The first-order chi connectivity index (χ1) is 23.1. The number of hydrogen-bond donors (Lipinski definition) is 3. The third-order valence-electron chi connectivity index (χ3n) is 8.32. The van der Waals surface area contributed by atoms with Crippen molar-refractivity contribution >= 4 is 29.6 Å². The molecule has 3 N–H and O–H groups in total. The van der Waals surface area contributed by atoms with Crippen LogP contribution in [-0.2, 0) is 37.0 Å². The summed E-state index contributed by atoms with van der Waals surface area (Å²) in [5.74, 6) is -1.22. The lowest BCUT2D eigenvalue weighted by molar-refractivity contribution is -0.268. The second-order valence-electron chi connectivity index (χ2n) is 11.7. The fourth-order valence-electron chi connectivity index (χ4n) is 5.59. The van der Waals surface area contributed by atoms with Crippen LogP contribution in [0.4, 0.5) is 0 Å². The first-order valence-electron chi connectivity index (χ1n) is 15.7. The molecular weight excluding hydrogens is 630 g/mol. The average molecular weight is 670 g/mol. The topological polar surface area (TPSA) is 131 Å². The van der Waals surface area contributed by atoms with Crippen molar-refractivity contribution in [2.45, 2.75) is 63.4 Å². The molecule has 1 aliphatic rings. The maximum atomic E-state index is 12.4. The standard InChI is InChI=1S/C38H39NO8S/c1-23-34(22-48-32-18-16-29(17-19-32)37(43)44)46-38(47-35(23)28-10-8-26(21-40)9-11-28)30-14-12-27(13-15-30)33-7-5-4-6-31(33)20-39-36(42)24(2)45-25(3)41/h4-19,23-24,34-35,38,40H,20-22H2,1-3H3,(H,39,42)(H,43,44). The molecule has 4 aromatic rings. The summed E-state index contributed by atoms with van der Waals surface area (Å²) >= 11 is 1.60. The molecule has 0 spiro atoms. The lowest BCUT2D eigenvalue weighted by Gasteiger charge is -2.41. The van der Waals surface area contributed by atoms with E-state index in [4.69, 9.17) is 14.2 Å². The second kappa shape index (κ2) is 16.1. The lowest BCUT2D eigenvalue weighted by atomic mass is 9.91. The van der Waals surface area contributed by atoms with Gasteiger partial charge in [-0.25, -0.2) is 4.79 Å². The first-order valence-corrected chi connectivity index (χ1v) is 16.7. The van der Waals surface area contributed by atoms with Gasteiger partial charge in [-0.05, 0) is 59.0 Å². The number of aromatic carboxylic acids is 1. The Bertz CT molecular complexity index is 1710. The molecule has 0 radical (unpaired) electrons. The molecule has 250 valence electrons. The number of esters is 1. The highest BCUT2D eigenvalue weighted by Crippen LogP contribution is 2.43. The molecule has 9 nitrogen and oxygen atoms in total. The summed E-state index contributed by atoms with van der Waals surface area (Å²) in [6, 6.07) is 30.3. The predicted octanol–water partition coefficient (Wildman–Crippen LogP) is 6.70. The number of carbonyl (C=O) groups excluding carboxylic acids is 2. The van der Waals surface area contributed by atoms with Gasteiger partial charge in [0, 0.05) is 35.6 Å². The molecule has 0 saturated carbocycles. The maximum absolute atomic E-state index is 12.4. The number of carboxylic acids is 1. The van der Waals surface area contributed by atoms with Gasteiger partial charge in [-0.2, -0.15) is 0 Å². The van der Waals surface area contributed by atoms with Gasteiger partial charge in [0.05, 0.1) is 24.4 Å². The van der Waals surface area contributed by atoms with Crippen LogP contribution >= 0.6 is 11.8 Å². The zero-order valence-corrected chi connectivity index (χ0v) is 27.8. The van der Waals surface area contributed by atoms with E-state index >= 15 is 0 Å². The van der Waals surface area contributed by atoms with E-state index in [9.17, 15) is 24.6 Å². The Morgan fingerprint density at radius 3 is 2.21 bits per heavy atom. The highest BCUT2D eigenvalue weighted by Gasteiger charge is 2.38. The third kappa shape index (κ3) is 8.70. The molecule has 1 heterocycles. The van der Waals surface area contributed by atoms with Gasteiger partial charge in [0.2, 0.25) is 0 Å². The summed E-state index contributed by atoms with van der Waals surface area (Å²) in [4.78, 5) is 35.9. The highest BCUT2D eigenvalue weighted by atomic mass is 32.2. The molecule has 1 aliphatic heterocycles. The Kier molecular flexibility index (Phi) is 11.7. The van der Waals surface area contributed by atoms with Crippen molar-refractivity contribution in [1.29, 1.82) is 0 Å². The van der Waals surface area contributed by atoms with Gasteiger partial charge in [0.15, 0.2) is 12.4 Å². The van der Waals surface area contributed by atoms with E-state index in [1.54, 1.807) is 23.9 Å². The van der Waals surface area contributed by atoms with Gasteiger partial charge >= 0.3 is 11.9 Å². The third-order valence-corrected chi connectivity index (χ3v) is 9.42. The highest BCUT2D eigenvalue weighted by molar-refractivity contribution is 7.99. The molecule has 0 aromatic heterocycles. The van der Waals surface area contributed by atoms with E-state index < -0.39 is 24.3 Å². The Hall–Kier alpha value is -4.48. The molecule has 48 heavy (non-hydrogen) atoms. The molecule has 1 fully saturated rings. The number of carbonyl (C=O) groups is 3. The van der Waals surface area contributed by atoms with E-state index in [0.29, 0.717) is 5.75 Å². The number of thioether (sulfide) groups is 1. The number of hydrogen-bond acceptors (Lipinski definition) is 8. The van der Waals surface area contributed by atoms with E-state index in [1.807, 2.05) is 84.9 Å². The Morgan fingerprint density at radius 1 is 0.896 bits per heavy atom. The second-order valence-corrected chi connectivity index (χ2v) is 12.8. The molecule has 5 unspecified atom stereocenters. The van der Waals surface area contributed by atoms with E-state index in [1.165, 1.54) is 13.8 Å². The lowest BCUT2D eigenvalue weighted by Crippen LogP contribution is -2.38. The minimum Gasteiger partial charge on any atom is -0.478 e. The Labute approximate surface area is 284 Å². The van der Waals surface area contributed by atoms with Crippen LogP contribution in [0.15, 0.2) is 102 Å². The van der Waals surface area contributed by atoms with Gasteiger partial charge in [-0.1, -0.05) is 79.7 Å². The summed E-state index contributed by atoms with van der Waals surface area (Å²) in [6.45, 7) is 5.14. The SMILES string of the molecule is CC(=O)OC(C)C(=O)NCc1ccccc1-c1ccc(C2OC(CSc3ccc(C(=O)O)cc3)C(C)C(c3ccc(CO)cc3)O2)cc1. The van der Waals surface area contributed by atoms with Crippen LogP contribution in [0.3, 0.4) is 0 Å². The smallest absolute Gasteiger partial charge is 0.335 e. The molecule has 1 saturated heterocycles. The summed E-state index contributed by atoms with van der Waals surface area (Å²) < 4.78 is 18.2. The van der Waals surface area contributed by atoms with Gasteiger partial charge in [0.25, 0.3) is 5.91 Å². The van der Waals surface area contributed by atoms with Crippen molar-refractivity contribution in [3.63, 3.8) is 0 Å². The van der Waals surface area contributed by atoms with Crippen molar-refractivity contribution in [2.24, 2.45) is 5.92 Å². The molecule has 10 heteroatoms. The molecule has 0 aliphatic carbocycles. The van der Waals surface area contributed by atoms with E-state index in [0.717, 1.165) is 38.3 Å². The number of ether oxygens (including phenoxy) is 3. The number of nitrogens with one attached hydrogen (secondary N) is 1. The van der Waals surface area contributed by atoms with Crippen molar-refractivity contribution in [3.8, 4) is 11.1 Å². The van der Waals surface area contributed by atoms with Crippen LogP contribution in [0.25, 0.3) is 11.1 Å². The minimum atomic E-state index is -0.960. The maximum Gasteiger partial charge on any atom is 0.335 e. The first kappa shape index (κ1) is 34.8. The average Bonchev–Trinajstić information content (AvgIpc) is 3.10. The van der Waals surface area contributed by atoms with Crippen LogP contribution in [0.5, 0.6) is 0 Å². The summed E-state index contributed by atoms with van der Waals surface area (Å²) in [5, 5.41) is 21.7. The minimum absolute atomic E-state index is 0.00283. The van der Waals surface area contributed by atoms with Crippen LogP contribution in [0.2, 0.25) is 0 Å². The normalized spacial score (nSPS) is 19.7. The van der Waals surface area contributed by atoms with Gasteiger partial charge in [0.1, 0.15) is 0 Å². The zero-order chi connectivity index (χ0) is 34.2. The zero-order valence-electron chi connectivity index (χ0n) is 27.0.